The number of fused-ring (bicyclic) bond motifs is 1. The van der Waals surface area contributed by atoms with Crippen LogP contribution in [0, 0.1) is 5.92 Å². The molecule has 0 N–H and O–H groups in total. The minimum Gasteiger partial charge on any atom is -0.490 e. The van der Waals surface area contributed by atoms with E-state index in [0.717, 1.165) is 24.2 Å². The minimum absolute atomic E-state index is 0.209. The van der Waals surface area contributed by atoms with Gasteiger partial charge in [0.05, 0.1) is 14.2 Å². The molecule has 0 saturated carbocycles. The number of hydrogen-bond acceptors (Lipinski definition) is 6. The number of methoxy groups -OCH3 is 2. The second-order valence-electron chi connectivity index (χ2n) is 7.99. The highest BCUT2D eigenvalue weighted by Crippen LogP contribution is 2.24. The van der Waals surface area contributed by atoms with Crippen LogP contribution in [0.2, 0.25) is 0 Å². The molecule has 0 saturated heterocycles. The van der Waals surface area contributed by atoms with E-state index in [4.69, 9.17) is 18.9 Å². The Labute approximate surface area is 189 Å². The molecule has 6 nitrogen and oxygen atoms in total. The normalized spacial score (nSPS) is 13.5. The van der Waals surface area contributed by atoms with Gasteiger partial charge in [-0.05, 0) is 73.1 Å². The van der Waals surface area contributed by atoms with Crippen molar-refractivity contribution in [3.05, 3.63) is 59.2 Å². The van der Waals surface area contributed by atoms with Crippen molar-refractivity contribution in [2.75, 3.05) is 27.4 Å². The number of rotatable bonds is 9. The fourth-order valence-corrected chi connectivity index (χ4v) is 3.98. The van der Waals surface area contributed by atoms with Gasteiger partial charge >= 0.3 is 11.9 Å². The third-order valence-corrected chi connectivity index (χ3v) is 5.78. The molecule has 0 aromatic heterocycles. The van der Waals surface area contributed by atoms with E-state index >= 15 is 0 Å². The quantitative estimate of drug-likeness (QED) is 0.329. The molecule has 6 heteroatoms. The van der Waals surface area contributed by atoms with Crippen LogP contribution in [0.4, 0.5) is 0 Å². The predicted octanol–water partition coefficient (Wildman–Crippen LogP) is 4.31. The lowest BCUT2D eigenvalue weighted by atomic mass is 9.93. The van der Waals surface area contributed by atoms with E-state index in [-0.39, 0.29) is 6.42 Å². The molecule has 2 aromatic rings. The van der Waals surface area contributed by atoms with E-state index in [9.17, 15) is 9.59 Å². The van der Waals surface area contributed by atoms with Gasteiger partial charge in [0.15, 0.2) is 5.92 Å². The maximum absolute atomic E-state index is 11.8. The van der Waals surface area contributed by atoms with Crippen molar-refractivity contribution < 1.29 is 28.5 Å². The van der Waals surface area contributed by atoms with Gasteiger partial charge in [-0.1, -0.05) is 31.0 Å². The summed E-state index contributed by atoms with van der Waals surface area (Å²) in [5.41, 5.74) is 3.68. The first-order chi connectivity index (χ1) is 15.6. The van der Waals surface area contributed by atoms with Crippen molar-refractivity contribution in [1.29, 1.82) is 0 Å². The number of carbonyl (C=O) groups excluding carboxylic acids is 2. The summed E-state index contributed by atoms with van der Waals surface area (Å²) >= 11 is 0. The molecule has 0 fully saturated rings. The summed E-state index contributed by atoms with van der Waals surface area (Å²) in [5.74, 6) is -0.607. The number of hydrogen-bond donors (Lipinski definition) is 0. The molecule has 32 heavy (non-hydrogen) atoms. The molecule has 0 unspecified atom stereocenters. The first-order valence-electron chi connectivity index (χ1n) is 11.2. The van der Waals surface area contributed by atoms with Gasteiger partial charge in [-0.25, -0.2) is 0 Å². The molecule has 1 aliphatic rings. The Bertz CT molecular complexity index is 874. The third kappa shape index (κ3) is 6.74. The zero-order valence-electron chi connectivity index (χ0n) is 18.9. The number of esters is 2. The Morgan fingerprint density at radius 2 is 1.31 bits per heavy atom. The van der Waals surface area contributed by atoms with Crippen LogP contribution in [0.5, 0.6) is 11.5 Å². The highest BCUT2D eigenvalue weighted by Gasteiger charge is 2.28. The van der Waals surface area contributed by atoms with Crippen molar-refractivity contribution in [1.82, 2.24) is 0 Å². The maximum atomic E-state index is 11.8. The average molecular weight is 441 g/mol. The summed E-state index contributed by atoms with van der Waals surface area (Å²) in [4.78, 5) is 23.6. The summed E-state index contributed by atoms with van der Waals surface area (Å²) in [6.45, 7) is 0.872. The standard InChI is InChI=1S/C26H32O6/c1-29-25(27)24(26(28)30-2)17-19-9-12-22(13-10-19)31-15-16-32-23-14-11-20-7-5-3-4-6-8-21(20)18-23/h9-14,18,24H,3-8,15-17H2,1-2H3. The summed E-state index contributed by atoms with van der Waals surface area (Å²) < 4.78 is 21.1. The molecule has 3 rings (SSSR count). The fraction of sp³-hybridized carbons (Fsp3) is 0.462. The first-order valence-corrected chi connectivity index (χ1v) is 11.2. The number of ether oxygens (including phenoxy) is 4. The van der Waals surface area contributed by atoms with E-state index in [1.165, 1.54) is 51.0 Å². The van der Waals surface area contributed by atoms with Gasteiger partial charge < -0.3 is 18.9 Å². The summed E-state index contributed by atoms with van der Waals surface area (Å²) in [5, 5.41) is 0. The Balaban J connectivity index is 1.47. The van der Waals surface area contributed by atoms with Crippen molar-refractivity contribution >= 4 is 11.9 Å². The number of carbonyl (C=O) groups is 2. The highest BCUT2D eigenvalue weighted by molar-refractivity contribution is 5.95. The summed E-state index contributed by atoms with van der Waals surface area (Å²) in [7, 11) is 2.51. The minimum atomic E-state index is -0.976. The fourth-order valence-electron chi connectivity index (χ4n) is 3.98. The van der Waals surface area contributed by atoms with Gasteiger partial charge in [-0.2, -0.15) is 0 Å². The largest absolute Gasteiger partial charge is 0.490 e. The van der Waals surface area contributed by atoms with E-state index in [1.807, 2.05) is 30.3 Å². The van der Waals surface area contributed by atoms with Gasteiger partial charge in [0.1, 0.15) is 24.7 Å². The average Bonchev–Trinajstić information content (AvgIpc) is 2.81. The van der Waals surface area contributed by atoms with Crippen LogP contribution in [0.1, 0.15) is 42.4 Å². The van der Waals surface area contributed by atoms with Crippen molar-refractivity contribution in [3.8, 4) is 11.5 Å². The van der Waals surface area contributed by atoms with Crippen molar-refractivity contribution in [2.45, 2.75) is 44.9 Å². The van der Waals surface area contributed by atoms with E-state index in [0.29, 0.717) is 19.0 Å². The van der Waals surface area contributed by atoms with E-state index in [2.05, 4.69) is 12.1 Å². The number of benzene rings is 2. The van der Waals surface area contributed by atoms with Gasteiger partial charge in [0.2, 0.25) is 0 Å². The van der Waals surface area contributed by atoms with Crippen LogP contribution in [0.25, 0.3) is 0 Å². The van der Waals surface area contributed by atoms with E-state index < -0.39 is 17.9 Å². The molecule has 0 amide bonds. The Kier molecular flexibility index (Phi) is 8.96. The molecular formula is C26H32O6. The lowest BCUT2D eigenvalue weighted by Crippen LogP contribution is -2.28. The van der Waals surface area contributed by atoms with E-state index in [1.54, 1.807) is 0 Å². The molecule has 2 aromatic carbocycles. The van der Waals surface area contributed by atoms with Crippen molar-refractivity contribution in [2.24, 2.45) is 5.92 Å². The lowest BCUT2D eigenvalue weighted by Gasteiger charge is -2.15. The molecular weight excluding hydrogens is 408 g/mol. The molecule has 172 valence electrons. The second-order valence-corrected chi connectivity index (χ2v) is 7.99. The van der Waals surface area contributed by atoms with Gasteiger partial charge in [-0.3, -0.25) is 9.59 Å². The second kappa shape index (κ2) is 12.1. The zero-order chi connectivity index (χ0) is 22.8. The Morgan fingerprint density at radius 3 is 1.94 bits per heavy atom. The molecule has 0 bridgehead atoms. The molecule has 1 aliphatic carbocycles. The van der Waals surface area contributed by atoms with Crippen LogP contribution >= 0.6 is 0 Å². The van der Waals surface area contributed by atoms with Crippen LogP contribution < -0.4 is 9.47 Å². The van der Waals surface area contributed by atoms with Gasteiger partial charge in [0.25, 0.3) is 0 Å². The van der Waals surface area contributed by atoms with Gasteiger partial charge in [0, 0.05) is 0 Å². The Morgan fingerprint density at radius 1 is 0.750 bits per heavy atom. The van der Waals surface area contributed by atoms with Crippen LogP contribution in [0.15, 0.2) is 42.5 Å². The van der Waals surface area contributed by atoms with Crippen molar-refractivity contribution in [3.63, 3.8) is 0 Å². The topological polar surface area (TPSA) is 71.1 Å². The molecule has 0 heterocycles. The predicted molar refractivity (Wildman–Crippen MR) is 121 cm³/mol. The highest BCUT2D eigenvalue weighted by atomic mass is 16.5. The SMILES string of the molecule is COC(=O)C(Cc1ccc(OCCOc2ccc3c(c2)CCCCCC3)cc1)C(=O)OC. The first kappa shape index (κ1) is 23.6. The van der Waals surface area contributed by atoms with Crippen LogP contribution in [-0.4, -0.2) is 39.4 Å². The molecule has 0 aliphatic heterocycles. The smallest absolute Gasteiger partial charge is 0.320 e. The summed E-state index contributed by atoms with van der Waals surface area (Å²) in [6, 6.07) is 13.7. The van der Waals surface area contributed by atoms with Crippen LogP contribution in [0.3, 0.4) is 0 Å². The maximum Gasteiger partial charge on any atom is 0.320 e. The zero-order valence-corrected chi connectivity index (χ0v) is 18.9. The molecule has 0 spiro atoms. The van der Waals surface area contributed by atoms with Gasteiger partial charge in [-0.15, -0.1) is 0 Å². The lowest BCUT2D eigenvalue weighted by molar-refractivity contribution is -0.158. The Hall–Kier alpha value is -3.02. The molecule has 0 atom stereocenters. The molecule has 0 radical (unpaired) electrons. The third-order valence-electron chi connectivity index (χ3n) is 5.78. The number of aryl methyl sites for hydroxylation is 2. The summed E-state index contributed by atoms with van der Waals surface area (Å²) in [6.07, 6.45) is 7.65. The monoisotopic (exact) mass is 440 g/mol. The van der Waals surface area contributed by atoms with Crippen LogP contribution in [-0.2, 0) is 38.3 Å².